The summed E-state index contributed by atoms with van der Waals surface area (Å²) in [5, 5.41) is 3.41. The molecule has 0 atom stereocenters. The summed E-state index contributed by atoms with van der Waals surface area (Å²) in [6.07, 6.45) is 2.78. The zero-order valence-corrected chi connectivity index (χ0v) is 10.8. The fourth-order valence-electron chi connectivity index (χ4n) is 1.32. The first-order valence-electron chi connectivity index (χ1n) is 5.91. The molecule has 16 heavy (non-hydrogen) atoms. The van der Waals surface area contributed by atoms with Crippen molar-refractivity contribution < 1.29 is 9.15 Å². The van der Waals surface area contributed by atoms with E-state index in [-0.39, 0.29) is 5.54 Å². The Balaban J connectivity index is 2.44. The quantitative estimate of drug-likeness (QED) is 0.755. The Hall–Kier alpha value is -0.800. The van der Waals surface area contributed by atoms with Crippen LogP contribution in [0.25, 0.3) is 0 Å². The molecule has 0 aromatic carbocycles. The number of hydrogen-bond donors (Lipinski definition) is 1. The topological polar surface area (TPSA) is 34.4 Å². The fraction of sp³-hybridized carbons (Fsp3) is 0.692. The Morgan fingerprint density at radius 3 is 2.75 bits per heavy atom. The van der Waals surface area contributed by atoms with E-state index in [1.54, 1.807) is 6.26 Å². The van der Waals surface area contributed by atoms with E-state index in [1.807, 2.05) is 6.07 Å². The first kappa shape index (κ1) is 13.3. The largest absolute Gasteiger partial charge is 0.468 e. The van der Waals surface area contributed by atoms with Crippen LogP contribution in [0.4, 0.5) is 0 Å². The Kier molecular flexibility index (Phi) is 5.03. The number of rotatable bonds is 6. The van der Waals surface area contributed by atoms with E-state index in [0.29, 0.717) is 6.61 Å². The lowest BCUT2D eigenvalue weighted by molar-refractivity contribution is 0.120. The van der Waals surface area contributed by atoms with Gasteiger partial charge in [0.25, 0.3) is 0 Å². The Bertz CT molecular complexity index is 299. The van der Waals surface area contributed by atoms with Gasteiger partial charge >= 0.3 is 0 Å². The molecule has 1 N–H and O–H groups in total. The molecule has 1 aromatic heterocycles. The van der Waals surface area contributed by atoms with Gasteiger partial charge in [0, 0.05) is 17.7 Å². The van der Waals surface area contributed by atoms with Crippen molar-refractivity contribution in [3.63, 3.8) is 0 Å². The predicted molar refractivity (Wildman–Crippen MR) is 65.2 cm³/mol. The zero-order valence-electron chi connectivity index (χ0n) is 10.8. The van der Waals surface area contributed by atoms with Crippen LogP contribution < -0.4 is 5.32 Å². The molecule has 0 aliphatic heterocycles. The highest BCUT2D eigenvalue weighted by Crippen LogP contribution is 2.13. The van der Waals surface area contributed by atoms with Crippen LogP contribution in [0.3, 0.4) is 0 Å². The van der Waals surface area contributed by atoms with Crippen LogP contribution in [0.2, 0.25) is 0 Å². The molecule has 3 heteroatoms. The van der Waals surface area contributed by atoms with Crippen molar-refractivity contribution in [2.45, 2.75) is 52.8 Å². The van der Waals surface area contributed by atoms with Crippen molar-refractivity contribution >= 4 is 0 Å². The van der Waals surface area contributed by atoms with E-state index in [0.717, 1.165) is 30.9 Å². The highest BCUT2D eigenvalue weighted by Gasteiger charge is 2.12. The average Bonchev–Trinajstić information content (AvgIpc) is 2.62. The highest BCUT2D eigenvalue weighted by atomic mass is 16.5. The van der Waals surface area contributed by atoms with Gasteiger partial charge in [0.05, 0.1) is 19.4 Å². The van der Waals surface area contributed by atoms with Gasteiger partial charge in [-0.15, -0.1) is 0 Å². The molecule has 0 unspecified atom stereocenters. The lowest BCUT2D eigenvalue weighted by Crippen LogP contribution is -2.35. The lowest BCUT2D eigenvalue weighted by Gasteiger charge is -2.20. The summed E-state index contributed by atoms with van der Waals surface area (Å²) >= 11 is 0. The van der Waals surface area contributed by atoms with Crippen LogP contribution in [-0.4, -0.2) is 12.1 Å². The van der Waals surface area contributed by atoms with Gasteiger partial charge in [0.1, 0.15) is 5.76 Å². The molecular formula is C13H23NO2. The number of furan rings is 1. The summed E-state index contributed by atoms with van der Waals surface area (Å²) < 4.78 is 11.0. The van der Waals surface area contributed by atoms with E-state index in [1.165, 1.54) is 0 Å². The molecular weight excluding hydrogens is 202 g/mol. The summed E-state index contributed by atoms with van der Waals surface area (Å²) in [5.41, 5.74) is 1.25. The van der Waals surface area contributed by atoms with E-state index in [2.05, 4.69) is 33.0 Å². The molecule has 0 aliphatic carbocycles. The van der Waals surface area contributed by atoms with Gasteiger partial charge in [-0.2, -0.15) is 0 Å². The van der Waals surface area contributed by atoms with Crippen LogP contribution in [0.1, 0.15) is 45.4 Å². The van der Waals surface area contributed by atoms with Crippen molar-refractivity contribution in [1.29, 1.82) is 0 Å². The molecule has 0 saturated carbocycles. The van der Waals surface area contributed by atoms with Gasteiger partial charge in [-0.05, 0) is 33.3 Å². The van der Waals surface area contributed by atoms with Crippen molar-refractivity contribution in [1.82, 2.24) is 5.32 Å². The average molecular weight is 225 g/mol. The third-order valence-corrected chi connectivity index (χ3v) is 2.22. The maximum absolute atomic E-state index is 5.51. The SMILES string of the molecule is CCCOCc1ccoc1CNC(C)(C)C. The van der Waals surface area contributed by atoms with Gasteiger partial charge in [-0.25, -0.2) is 0 Å². The number of hydrogen-bond acceptors (Lipinski definition) is 3. The first-order chi connectivity index (χ1) is 7.53. The molecule has 0 fully saturated rings. The first-order valence-corrected chi connectivity index (χ1v) is 5.91. The van der Waals surface area contributed by atoms with E-state index < -0.39 is 0 Å². The Morgan fingerprint density at radius 1 is 1.38 bits per heavy atom. The van der Waals surface area contributed by atoms with Gasteiger partial charge in [0.2, 0.25) is 0 Å². The monoisotopic (exact) mass is 225 g/mol. The van der Waals surface area contributed by atoms with Crippen LogP contribution in [0, 0.1) is 0 Å². The molecule has 92 valence electrons. The maximum atomic E-state index is 5.51. The minimum absolute atomic E-state index is 0.105. The molecule has 0 bridgehead atoms. The molecule has 1 rings (SSSR count). The molecule has 0 amide bonds. The summed E-state index contributed by atoms with van der Waals surface area (Å²) in [7, 11) is 0. The Morgan fingerprint density at radius 2 is 2.12 bits per heavy atom. The molecule has 0 aliphatic rings. The van der Waals surface area contributed by atoms with E-state index in [4.69, 9.17) is 9.15 Å². The van der Waals surface area contributed by atoms with E-state index >= 15 is 0 Å². The van der Waals surface area contributed by atoms with Crippen molar-refractivity contribution in [3.05, 3.63) is 23.7 Å². The maximum Gasteiger partial charge on any atom is 0.123 e. The number of nitrogens with one attached hydrogen (secondary N) is 1. The Labute approximate surface area is 98.2 Å². The van der Waals surface area contributed by atoms with Crippen LogP contribution in [-0.2, 0) is 17.9 Å². The molecule has 1 heterocycles. The van der Waals surface area contributed by atoms with Crippen molar-refractivity contribution in [2.24, 2.45) is 0 Å². The van der Waals surface area contributed by atoms with Crippen LogP contribution in [0.15, 0.2) is 16.7 Å². The highest BCUT2D eigenvalue weighted by molar-refractivity contribution is 5.16. The second kappa shape index (κ2) is 6.06. The summed E-state index contributed by atoms with van der Waals surface area (Å²) in [4.78, 5) is 0. The van der Waals surface area contributed by atoms with E-state index in [9.17, 15) is 0 Å². The fourth-order valence-corrected chi connectivity index (χ4v) is 1.32. The zero-order chi connectivity index (χ0) is 12.0. The minimum atomic E-state index is 0.105. The summed E-state index contributed by atoms with van der Waals surface area (Å²) in [6.45, 7) is 10.7. The van der Waals surface area contributed by atoms with Crippen molar-refractivity contribution in [2.75, 3.05) is 6.61 Å². The van der Waals surface area contributed by atoms with Gasteiger partial charge in [-0.1, -0.05) is 6.92 Å². The normalized spacial score (nSPS) is 12.0. The molecule has 0 spiro atoms. The molecule has 1 aromatic rings. The molecule has 0 radical (unpaired) electrons. The minimum Gasteiger partial charge on any atom is -0.468 e. The van der Waals surface area contributed by atoms with Crippen molar-refractivity contribution in [3.8, 4) is 0 Å². The summed E-state index contributed by atoms with van der Waals surface area (Å²) in [6, 6.07) is 1.98. The lowest BCUT2D eigenvalue weighted by atomic mass is 10.1. The summed E-state index contributed by atoms with van der Waals surface area (Å²) in [5.74, 6) is 0.978. The smallest absolute Gasteiger partial charge is 0.123 e. The van der Waals surface area contributed by atoms with Gasteiger partial charge in [-0.3, -0.25) is 0 Å². The van der Waals surface area contributed by atoms with Gasteiger partial charge in [0.15, 0.2) is 0 Å². The third kappa shape index (κ3) is 4.81. The molecule has 3 nitrogen and oxygen atoms in total. The standard InChI is InChI=1S/C13H23NO2/c1-5-7-15-10-11-6-8-16-12(11)9-14-13(2,3)4/h6,8,14H,5,7,9-10H2,1-4H3. The van der Waals surface area contributed by atoms with Crippen LogP contribution in [0.5, 0.6) is 0 Å². The predicted octanol–water partition coefficient (Wildman–Crippen LogP) is 3.09. The number of ether oxygens (including phenoxy) is 1. The van der Waals surface area contributed by atoms with Crippen LogP contribution >= 0.6 is 0 Å². The third-order valence-electron chi connectivity index (χ3n) is 2.22. The molecule has 0 saturated heterocycles. The second-order valence-corrected chi connectivity index (χ2v) is 5.03. The second-order valence-electron chi connectivity index (χ2n) is 5.03. The van der Waals surface area contributed by atoms with Gasteiger partial charge < -0.3 is 14.5 Å².